The van der Waals surface area contributed by atoms with Crippen molar-refractivity contribution in [3.05, 3.63) is 62.9 Å². The maximum absolute atomic E-state index is 13.0. The first kappa shape index (κ1) is 21.9. The van der Waals surface area contributed by atoms with Crippen molar-refractivity contribution >= 4 is 41.1 Å². The molecule has 0 bridgehead atoms. The van der Waals surface area contributed by atoms with E-state index >= 15 is 0 Å². The van der Waals surface area contributed by atoms with E-state index in [1.165, 1.54) is 0 Å². The quantitative estimate of drug-likeness (QED) is 0.310. The Labute approximate surface area is 185 Å². The molecule has 2 heterocycles. The summed E-state index contributed by atoms with van der Waals surface area (Å²) in [6.45, 7) is 3.93. The molecule has 0 saturated carbocycles. The summed E-state index contributed by atoms with van der Waals surface area (Å²) >= 11 is 12.0. The third-order valence-corrected chi connectivity index (χ3v) is 5.67. The van der Waals surface area contributed by atoms with Gasteiger partial charge in [-0.25, -0.2) is 0 Å². The van der Waals surface area contributed by atoms with Gasteiger partial charge >= 0.3 is 0 Å². The molecule has 1 aromatic carbocycles. The van der Waals surface area contributed by atoms with E-state index in [9.17, 15) is 14.9 Å². The van der Waals surface area contributed by atoms with Crippen LogP contribution in [-0.2, 0) is 9.59 Å². The van der Waals surface area contributed by atoms with Crippen LogP contribution < -0.4 is 0 Å². The number of nitrogens with zero attached hydrogens (tertiary/aromatic N) is 2. The summed E-state index contributed by atoms with van der Waals surface area (Å²) in [5.74, 6) is 0.0323. The number of hydrogen-bond donors (Lipinski definition) is 0. The lowest BCUT2D eigenvalue weighted by Gasteiger charge is -2.27. The Kier molecular flexibility index (Phi) is 6.81. The second-order valence-electron chi connectivity index (χ2n) is 6.97. The second-order valence-corrected chi connectivity index (χ2v) is 7.78. The van der Waals surface area contributed by atoms with Crippen LogP contribution in [0.25, 0.3) is 17.4 Å². The maximum atomic E-state index is 13.0. The number of hydrogen-bond acceptors (Lipinski definition) is 4. The van der Waals surface area contributed by atoms with Gasteiger partial charge in [-0.1, -0.05) is 43.0 Å². The molecule has 0 N–H and O–H groups in total. The van der Waals surface area contributed by atoms with E-state index in [1.54, 1.807) is 43.3 Å². The van der Waals surface area contributed by atoms with E-state index in [4.69, 9.17) is 27.6 Å². The topological polar surface area (TPSA) is 74.3 Å². The fraction of sp³-hybridized carbons (Fsp3) is 0.261. The van der Waals surface area contributed by atoms with E-state index in [0.717, 1.165) is 23.3 Å². The fourth-order valence-electron chi connectivity index (χ4n) is 3.23. The zero-order valence-corrected chi connectivity index (χ0v) is 18.2. The molecule has 30 heavy (non-hydrogen) atoms. The summed E-state index contributed by atoms with van der Waals surface area (Å²) in [5, 5.41) is 10.3. The molecule has 1 aliphatic heterocycles. The van der Waals surface area contributed by atoms with Crippen LogP contribution in [0.3, 0.4) is 0 Å². The number of imide groups is 1. The lowest BCUT2D eigenvalue weighted by atomic mass is 9.94. The fourth-order valence-corrected chi connectivity index (χ4v) is 3.53. The largest absolute Gasteiger partial charge is 0.457 e. The molecular weight excluding hydrogens is 423 g/mol. The van der Waals surface area contributed by atoms with Gasteiger partial charge in [0, 0.05) is 17.7 Å². The summed E-state index contributed by atoms with van der Waals surface area (Å²) in [6, 6.07) is 10.6. The summed E-state index contributed by atoms with van der Waals surface area (Å²) in [4.78, 5) is 26.7. The molecule has 0 unspecified atom stereocenters. The van der Waals surface area contributed by atoms with E-state index in [1.807, 2.05) is 13.0 Å². The van der Waals surface area contributed by atoms with Crippen molar-refractivity contribution in [2.75, 3.05) is 6.54 Å². The van der Waals surface area contributed by atoms with Gasteiger partial charge in [0.15, 0.2) is 0 Å². The predicted molar refractivity (Wildman–Crippen MR) is 117 cm³/mol. The third-order valence-electron chi connectivity index (χ3n) is 4.93. The Balaban J connectivity index is 1.96. The standard InChI is InChI=1S/C23H20Cl2N2O3/c1-3-4-5-10-27-22(28)17(14(2)18(13-26)23(27)29)12-16-7-9-21(30-16)15-6-8-19(24)20(25)11-15/h6-9,11-12H,3-5,10H2,1-2H3/b17-12+. The van der Waals surface area contributed by atoms with Crippen LogP contribution in [0, 0.1) is 11.3 Å². The molecular formula is C23H20Cl2N2O3. The van der Waals surface area contributed by atoms with Crippen LogP contribution in [0.2, 0.25) is 10.0 Å². The molecule has 7 heteroatoms. The minimum Gasteiger partial charge on any atom is -0.457 e. The van der Waals surface area contributed by atoms with E-state index in [0.29, 0.717) is 33.6 Å². The van der Waals surface area contributed by atoms with Gasteiger partial charge in [0.05, 0.1) is 10.0 Å². The van der Waals surface area contributed by atoms with Gasteiger partial charge in [0.25, 0.3) is 11.8 Å². The number of furan rings is 1. The van der Waals surface area contributed by atoms with E-state index in [2.05, 4.69) is 0 Å². The number of rotatable bonds is 6. The number of halogens is 2. The molecule has 2 aromatic rings. The molecule has 0 atom stereocenters. The SMILES string of the molecule is CCCCCN1C(=O)C(C#N)=C(C)/C(=C\c2ccc(-c3ccc(Cl)c(Cl)c3)o2)C1=O. The lowest BCUT2D eigenvalue weighted by Crippen LogP contribution is -2.43. The average molecular weight is 443 g/mol. The monoisotopic (exact) mass is 442 g/mol. The van der Waals surface area contributed by atoms with Crippen LogP contribution in [0.5, 0.6) is 0 Å². The van der Waals surface area contributed by atoms with Crippen LogP contribution in [0.1, 0.15) is 38.9 Å². The summed E-state index contributed by atoms with van der Waals surface area (Å²) in [6.07, 6.45) is 4.12. The van der Waals surface area contributed by atoms with Crippen molar-refractivity contribution < 1.29 is 14.0 Å². The minimum absolute atomic E-state index is 0.0198. The number of benzene rings is 1. The van der Waals surface area contributed by atoms with Gasteiger partial charge in [-0.3, -0.25) is 14.5 Å². The minimum atomic E-state index is -0.538. The Bertz CT molecular complexity index is 1110. The number of carbonyl (C=O) groups is 2. The first-order valence-corrected chi connectivity index (χ1v) is 10.4. The highest BCUT2D eigenvalue weighted by atomic mass is 35.5. The Hall–Kier alpha value is -2.81. The highest BCUT2D eigenvalue weighted by Gasteiger charge is 2.35. The van der Waals surface area contributed by atoms with Crippen LogP contribution in [0.4, 0.5) is 0 Å². The second kappa shape index (κ2) is 9.34. The van der Waals surface area contributed by atoms with Crippen molar-refractivity contribution in [3.63, 3.8) is 0 Å². The number of carbonyl (C=O) groups excluding carboxylic acids is 2. The van der Waals surface area contributed by atoms with Crippen LogP contribution >= 0.6 is 23.2 Å². The highest BCUT2D eigenvalue weighted by molar-refractivity contribution is 6.42. The molecule has 1 aliphatic rings. The molecule has 154 valence electrons. The van der Waals surface area contributed by atoms with Gasteiger partial charge in [0.1, 0.15) is 23.2 Å². The molecule has 3 rings (SSSR count). The molecule has 1 aromatic heterocycles. The Morgan fingerprint density at radius 2 is 1.87 bits per heavy atom. The smallest absolute Gasteiger partial charge is 0.271 e. The van der Waals surface area contributed by atoms with Crippen molar-refractivity contribution in [3.8, 4) is 17.4 Å². The number of amides is 2. The number of nitriles is 1. The maximum Gasteiger partial charge on any atom is 0.271 e. The molecule has 5 nitrogen and oxygen atoms in total. The van der Waals surface area contributed by atoms with Crippen molar-refractivity contribution in [2.24, 2.45) is 0 Å². The average Bonchev–Trinajstić information content (AvgIpc) is 3.19. The Morgan fingerprint density at radius 1 is 1.10 bits per heavy atom. The molecule has 0 fully saturated rings. The van der Waals surface area contributed by atoms with Gasteiger partial charge in [0.2, 0.25) is 0 Å². The van der Waals surface area contributed by atoms with Gasteiger partial charge in [-0.2, -0.15) is 5.26 Å². The van der Waals surface area contributed by atoms with Gasteiger partial charge in [-0.15, -0.1) is 0 Å². The van der Waals surface area contributed by atoms with E-state index < -0.39 is 11.8 Å². The summed E-state index contributed by atoms with van der Waals surface area (Å²) < 4.78 is 5.85. The summed E-state index contributed by atoms with van der Waals surface area (Å²) in [7, 11) is 0. The zero-order chi connectivity index (χ0) is 21.8. The van der Waals surface area contributed by atoms with Crippen LogP contribution in [-0.4, -0.2) is 23.3 Å². The number of unbranched alkanes of at least 4 members (excludes halogenated alkanes) is 2. The first-order valence-electron chi connectivity index (χ1n) is 9.61. The van der Waals surface area contributed by atoms with E-state index in [-0.39, 0.29) is 17.7 Å². The van der Waals surface area contributed by atoms with Crippen LogP contribution in [0.15, 0.2) is 51.5 Å². The Morgan fingerprint density at radius 3 is 2.53 bits per heavy atom. The molecule has 2 amide bonds. The molecule has 0 aliphatic carbocycles. The predicted octanol–water partition coefficient (Wildman–Crippen LogP) is 6.04. The van der Waals surface area contributed by atoms with Crippen molar-refractivity contribution in [1.29, 1.82) is 5.26 Å². The van der Waals surface area contributed by atoms with Crippen molar-refractivity contribution in [2.45, 2.75) is 33.1 Å². The van der Waals surface area contributed by atoms with Crippen molar-refractivity contribution in [1.82, 2.24) is 4.90 Å². The highest BCUT2D eigenvalue weighted by Crippen LogP contribution is 2.32. The normalized spacial score (nSPS) is 15.8. The lowest BCUT2D eigenvalue weighted by molar-refractivity contribution is -0.140. The summed E-state index contributed by atoms with van der Waals surface area (Å²) in [5.41, 5.74) is 1.35. The van der Waals surface area contributed by atoms with Gasteiger partial charge in [-0.05, 0) is 55.3 Å². The molecule has 0 spiro atoms. The first-order chi connectivity index (χ1) is 14.4. The third kappa shape index (κ3) is 4.35. The zero-order valence-electron chi connectivity index (χ0n) is 16.7. The molecule has 0 saturated heterocycles. The van der Waals surface area contributed by atoms with Gasteiger partial charge < -0.3 is 4.42 Å². The molecule has 0 radical (unpaired) electrons.